The van der Waals surface area contributed by atoms with Gasteiger partial charge in [0.15, 0.2) is 5.13 Å². The Kier molecular flexibility index (Phi) is 5.84. The van der Waals surface area contributed by atoms with Crippen molar-refractivity contribution in [3.05, 3.63) is 35.2 Å². The van der Waals surface area contributed by atoms with Gasteiger partial charge in [-0.1, -0.05) is 12.1 Å². The van der Waals surface area contributed by atoms with Gasteiger partial charge in [-0.15, -0.1) is 11.3 Å². The molecule has 0 spiro atoms. The van der Waals surface area contributed by atoms with Gasteiger partial charge in [0.1, 0.15) is 0 Å². The van der Waals surface area contributed by atoms with Crippen molar-refractivity contribution in [2.24, 2.45) is 0 Å². The molecule has 150 valence electrons. The van der Waals surface area contributed by atoms with Crippen LogP contribution in [0, 0.1) is 0 Å². The minimum absolute atomic E-state index is 0.0493. The molecule has 0 aliphatic carbocycles. The van der Waals surface area contributed by atoms with Crippen LogP contribution < -0.4 is 10.4 Å². The number of halogens is 3. The molecule has 0 atom stereocenters. The fourth-order valence-electron chi connectivity index (χ4n) is 2.54. The highest BCUT2D eigenvalue weighted by Crippen LogP contribution is 2.28. The van der Waals surface area contributed by atoms with E-state index in [4.69, 9.17) is 0 Å². The van der Waals surface area contributed by atoms with Crippen molar-refractivity contribution >= 4 is 28.3 Å². The quantitative estimate of drug-likeness (QED) is 0.777. The highest BCUT2D eigenvalue weighted by molar-refractivity contribution is 7.14. The summed E-state index contributed by atoms with van der Waals surface area (Å²) in [4.78, 5) is 35.2. The third-order valence-electron chi connectivity index (χ3n) is 4.18. The molecule has 0 bridgehead atoms. The van der Waals surface area contributed by atoms with Gasteiger partial charge < -0.3 is 14.6 Å². The molecule has 7 nitrogen and oxygen atoms in total. The molecular weight excluding hydrogens is 397 g/mol. The maximum atomic E-state index is 12.1. The molecule has 1 aromatic heterocycles. The largest absolute Gasteiger partial charge is 0.493 e. The minimum Gasteiger partial charge on any atom is -0.346 e. The number of nitrogens with one attached hydrogen (secondary N) is 1. The Morgan fingerprint density at radius 2 is 1.79 bits per heavy atom. The fourth-order valence-corrected chi connectivity index (χ4v) is 3.43. The van der Waals surface area contributed by atoms with Gasteiger partial charge >= 0.3 is 12.1 Å². The van der Waals surface area contributed by atoms with Crippen LogP contribution in [0.2, 0.25) is 0 Å². The summed E-state index contributed by atoms with van der Waals surface area (Å²) < 4.78 is 36.2. The van der Waals surface area contributed by atoms with Crippen molar-refractivity contribution in [2.75, 3.05) is 38.1 Å². The summed E-state index contributed by atoms with van der Waals surface area (Å²) in [5.74, 6) is -3.45. The van der Waals surface area contributed by atoms with E-state index in [1.165, 1.54) is 28.9 Å². The molecule has 2 heterocycles. The Bertz CT molecular complexity index is 846. The van der Waals surface area contributed by atoms with E-state index in [2.05, 4.69) is 26.7 Å². The van der Waals surface area contributed by atoms with Crippen molar-refractivity contribution in [1.82, 2.24) is 15.4 Å². The molecule has 1 N–H and O–H groups in total. The molecule has 1 aliphatic heterocycles. The number of rotatable bonds is 3. The van der Waals surface area contributed by atoms with Crippen LogP contribution in [0.25, 0.3) is 11.3 Å². The van der Waals surface area contributed by atoms with Crippen LogP contribution in [0.15, 0.2) is 29.6 Å². The first-order valence-corrected chi connectivity index (χ1v) is 9.20. The average Bonchev–Trinajstić information content (AvgIpc) is 3.16. The maximum absolute atomic E-state index is 12.1. The lowest BCUT2D eigenvalue weighted by molar-refractivity contribution is -0.204. The normalized spacial score (nSPS) is 15.4. The summed E-state index contributed by atoms with van der Waals surface area (Å²) >= 11 is 1.53. The first kappa shape index (κ1) is 20.1. The Hall–Kier alpha value is -2.66. The fraction of sp³-hybridized carbons (Fsp3) is 0.353. The highest BCUT2D eigenvalue weighted by atomic mass is 32.1. The van der Waals surface area contributed by atoms with Crippen LogP contribution in [0.3, 0.4) is 0 Å². The lowest BCUT2D eigenvalue weighted by Crippen LogP contribution is -2.44. The molecule has 1 amide bonds. The van der Waals surface area contributed by atoms with Crippen molar-refractivity contribution in [2.45, 2.75) is 6.18 Å². The van der Waals surface area contributed by atoms with Crippen molar-refractivity contribution in [1.29, 1.82) is 0 Å². The standard InChI is InChI=1S/C17H17F3N4O3S/c1-23-6-8-24(9-7-23)16-21-13(10-28-16)11-2-4-12(5-3-11)14(25)22-27-15(26)17(18,19)20/h2-5,10H,6-9H2,1H3,(H,22,25). The molecule has 0 saturated carbocycles. The Morgan fingerprint density at radius 1 is 1.14 bits per heavy atom. The number of hydrogen-bond donors (Lipinski definition) is 1. The second-order valence-electron chi connectivity index (χ2n) is 6.20. The van der Waals surface area contributed by atoms with Crippen LogP contribution >= 0.6 is 11.3 Å². The lowest BCUT2D eigenvalue weighted by Gasteiger charge is -2.32. The van der Waals surface area contributed by atoms with Gasteiger partial charge in [-0.3, -0.25) is 4.79 Å². The second kappa shape index (κ2) is 8.15. The van der Waals surface area contributed by atoms with E-state index < -0.39 is 18.1 Å². The second-order valence-corrected chi connectivity index (χ2v) is 7.04. The molecule has 1 aromatic carbocycles. The summed E-state index contributed by atoms with van der Waals surface area (Å²) in [6.45, 7) is 3.74. The van der Waals surface area contributed by atoms with Crippen molar-refractivity contribution < 1.29 is 27.6 Å². The van der Waals surface area contributed by atoms with Crippen molar-refractivity contribution in [3.63, 3.8) is 0 Å². The van der Waals surface area contributed by atoms with E-state index in [0.29, 0.717) is 0 Å². The number of carbonyl (C=O) groups is 2. The van der Waals surface area contributed by atoms with Gasteiger partial charge in [0, 0.05) is 42.7 Å². The highest BCUT2D eigenvalue weighted by Gasteiger charge is 2.42. The van der Waals surface area contributed by atoms with Crippen LogP contribution in [0.1, 0.15) is 10.4 Å². The van der Waals surface area contributed by atoms with Gasteiger partial charge in [-0.2, -0.15) is 18.7 Å². The third-order valence-corrected chi connectivity index (χ3v) is 5.08. The topological polar surface area (TPSA) is 74.8 Å². The van der Waals surface area contributed by atoms with Crippen molar-refractivity contribution in [3.8, 4) is 11.3 Å². The van der Waals surface area contributed by atoms with E-state index in [9.17, 15) is 22.8 Å². The molecule has 0 unspecified atom stereocenters. The first-order valence-electron chi connectivity index (χ1n) is 8.32. The maximum Gasteiger partial charge on any atom is 0.493 e. The van der Waals surface area contributed by atoms with E-state index in [1.807, 2.05) is 5.38 Å². The Balaban J connectivity index is 1.61. The zero-order chi connectivity index (χ0) is 20.3. The number of piperazine rings is 1. The lowest BCUT2D eigenvalue weighted by atomic mass is 10.1. The predicted octanol–water partition coefficient (Wildman–Crippen LogP) is 2.31. The smallest absolute Gasteiger partial charge is 0.346 e. The minimum atomic E-state index is -5.18. The van der Waals surface area contributed by atoms with Gasteiger partial charge in [-0.05, 0) is 19.2 Å². The Labute approximate surface area is 162 Å². The number of likely N-dealkylation sites (N-methyl/N-ethyl adjacent to an activating group) is 1. The molecule has 11 heteroatoms. The number of benzene rings is 1. The van der Waals surface area contributed by atoms with Gasteiger partial charge in [0.05, 0.1) is 5.69 Å². The summed E-state index contributed by atoms with van der Waals surface area (Å²) in [6, 6.07) is 6.09. The van der Waals surface area contributed by atoms with Crippen LogP contribution in [-0.2, 0) is 9.63 Å². The number of amides is 1. The number of hydroxylamine groups is 1. The average molecular weight is 414 g/mol. The number of alkyl halides is 3. The molecular formula is C17H17F3N4O3S. The number of nitrogens with zero attached hydrogens (tertiary/aromatic N) is 3. The predicted molar refractivity (Wildman–Crippen MR) is 96.9 cm³/mol. The van der Waals surface area contributed by atoms with Crippen LogP contribution in [0.4, 0.5) is 18.3 Å². The van der Waals surface area contributed by atoms with Gasteiger partial charge in [-0.25, -0.2) is 9.78 Å². The number of anilines is 1. The van der Waals surface area contributed by atoms with E-state index in [-0.39, 0.29) is 5.56 Å². The zero-order valence-electron chi connectivity index (χ0n) is 14.8. The molecule has 1 saturated heterocycles. The molecule has 0 radical (unpaired) electrons. The third kappa shape index (κ3) is 4.78. The molecule has 3 rings (SSSR count). The number of aromatic nitrogens is 1. The van der Waals surface area contributed by atoms with Gasteiger partial charge in [0.25, 0.3) is 5.91 Å². The monoisotopic (exact) mass is 414 g/mol. The SMILES string of the molecule is CN1CCN(c2nc(-c3ccc(C(=O)NOC(=O)C(F)(F)F)cc3)cs2)CC1. The van der Waals surface area contributed by atoms with E-state index >= 15 is 0 Å². The first-order chi connectivity index (χ1) is 13.2. The van der Waals surface area contributed by atoms with E-state index in [0.717, 1.165) is 42.6 Å². The number of thiazole rings is 1. The zero-order valence-corrected chi connectivity index (χ0v) is 15.6. The summed E-state index contributed by atoms with van der Waals surface area (Å²) in [5.41, 5.74) is 3.04. The summed E-state index contributed by atoms with van der Waals surface area (Å²) in [6.07, 6.45) is -5.18. The summed E-state index contributed by atoms with van der Waals surface area (Å²) in [5, 5.41) is 2.83. The van der Waals surface area contributed by atoms with Crippen LogP contribution in [-0.4, -0.2) is 61.2 Å². The van der Waals surface area contributed by atoms with Crippen LogP contribution in [0.5, 0.6) is 0 Å². The molecule has 1 fully saturated rings. The van der Waals surface area contributed by atoms with Gasteiger partial charge in [0.2, 0.25) is 0 Å². The number of hydrogen-bond acceptors (Lipinski definition) is 7. The molecule has 28 heavy (non-hydrogen) atoms. The summed E-state index contributed by atoms with van der Waals surface area (Å²) in [7, 11) is 2.08. The number of carbonyl (C=O) groups excluding carboxylic acids is 2. The Morgan fingerprint density at radius 3 is 2.39 bits per heavy atom. The molecule has 1 aliphatic rings. The molecule has 2 aromatic rings. The van der Waals surface area contributed by atoms with E-state index in [1.54, 1.807) is 12.1 Å².